The highest BCUT2D eigenvalue weighted by molar-refractivity contribution is 5.73. The Bertz CT molecular complexity index is 585. The molecule has 134 valence electrons. The summed E-state index contributed by atoms with van der Waals surface area (Å²) in [7, 11) is 0. The molecule has 1 aliphatic heterocycles. The number of hydrogen-bond donors (Lipinski definition) is 2. The summed E-state index contributed by atoms with van der Waals surface area (Å²) in [4.78, 5) is 8.90. The zero-order valence-corrected chi connectivity index (χ0v) is 12.5. The number of aliphatic carboxylic acids is 1. The van der Waals surface area contributed by atoms with Crippen molar-refractivity contribution in [2.75, 3.05) is 13.1 Å². The van der Waals surface area contributed by atoms with E-state index in [9.17, 15) is 26.3 Å². The number of rotatable bonds is 2. The third kappa shape index (κ3) is 6.23. The Balaban J connectivity index is 0.000000351. The van der Waals surface area contributed by atoms with E-state index in [0.29, 0.717) is 0 Å². The van der Waals surface area contributed by atoms with Gasteiger partial charge < -0.3 is 10.4 Å². The van der Waals surface area contributed by atoms with Crippen molar-refractivity contribution >= 4 is 12.0 Å². The van der Waals surface area contributed by atoms with Crippen LogP contribution in [0.2, 0.25) is 0 Å². The summed E-state index contributed by atoms with van der Waals surface area (Å²) in [6.45, 7) is 3.96. The fourth-order valence-corrected chi connectivity index (χ4v) is 1.72. The van der Waals surface area contributed by atoms with Crippen molar-refractivity contribution < 1.29 is 36.2 Å². The molecule has 1 fully saturated rings. The first-order chi connectivity index (χ1) is 10.8. The van der Waals surface area contributed by atoms with Gasteiger partial charge in [-0.3, -0.25) is 0 Å². The maximum Gasteiger partial charge on any atom is 0.490 e. The molecule has 24 heavy (non-hydrogen) atoms. The number of halogens is 6. The van der Waals surface area contributed by atoms with Gasteiger partial charge in [0.05, 0.1) is 5.56 Å². The van der Waals surface area contributed by atoms with E-state index in [1.165, 1.54) is 12.1 Å². The fourth-order valence-electron chi connectivity index (χ4n) is 1.72. The van der Waals surface area contributed by atoms with Gasteiger partial charge in [-0.1, -0.05) is 31.2 Å². The van der Waals surface area contributed by atoms with E-state index in [1.807, 2.05) is 12.2 Å². The van der Waals surface area contributed by atoms with Crippen LogP contribution >= 0.6 is 0 Å². The lowest BCUT2D eigenvalue weighted by Crippen LogP contribution is -2.49. The molecule has 3 nitrogen and oxygen atoms in total. The first-order valence-electron chi connectivity index (χ1n) is 6.71. The number of benzene rings is 1. The topological polar surface area (TPSA) is 49.3 Å². The predicted octanol–water partition coefficient (Wildman–Crippen LogP) is 3.96. The third-order valence-electron chi connectivity index (χ3n) is 3.22. The molecule has 9 heteroatoms. The lowest BCUT2D eigenvalue weighted by molar-refractivity contribution is -0.192. The number of carbonyl (C=O) groups is 1. The minimum absolute atomic E-state index is 0.142. The number of carboxylic acids is 1. The van der Waals surface area contributed by atoms with E-state index < -0.39 is 23.9 Å². The Hall–Kier alpha value is -2.03. The Labute approximate surface area is 134 Å². The van der Waals surface area contributed by atoms with Crippen molar-refractivity contribution in [3.63, 3.8) is 0 Å². The molecule has 0 atom stereocenters. The van der Waals surface area contributed by atoms with Crippen LogP contribution in [-0.4, -0.2) is 30.3 Å². The minimum atomic E-state index is -5.08. The normalized spacial score (nSPS) is 17.0. The zero-order valence-electron chi connectivity index (χ0n) is 12.5. The maximum absolute atomic E-state index is 12.3. The molecule has 0 spiro atoms. The smallest absolute Gasteiger partial charge is 0.475 e. The molecule has 1 heterocycles. The second-order valence-corrected chi connectivity index (χ2v) is 5.51. The van der Waals surface area contributed by atoms with E-state index in [4.69, 9.17) is 9.90 Å². The molecule has 0 radical (unpaired) electrons. The van der Waals surface area contributed by atoms with Crippen LogP contribution in [-0.2, 0) is 11.0 Å². The molecule has 1 saturated heterocycles. The Morgan fingerprint density at radius 2 is 1.58 bits per heavy atom. The summed E-state index contributed by atoms with van der Waals surface area (Å²) in [5.74, 6) is -2.76. The Morgan fingerprint density at radius 3 is 1.88 bits per heavy atom. The first kappa shape index (κ1) is 20.0. The van der Waals surface area contributed by atoms with E-state index in [-0.39, 0.29) is 5.41 Å². The summed E-state index contributed by atoms with van der Waals surface area (Å²) in [6, 6.07) is 5.21. The average molecular weight is 355 g/mol. The molecule has 2 N–H and O–H groups in total. The Morgan fingerprint density at radius 1 is 1.12 bits per heavy atom. The molecule has 0 amide bonds. The predicted molar refractivity (Wildman–Crippen MR) is 75.1 cm³/mol. The van der Waals surface area contributed by atoms with Gasteiger partial charge in [-0.05, 0) is 17.7 Å². The van der Waals surface area contributed by atoms with Crippen LogP contribution in [0.1, 0.15) is 18.1 Å². The van der Waals surface area contributed by atoms with Crippen LogP contribution in [0.5, 0.6) is 0 Å². The molecule has 0 saturated carbocycles. The van der Waals surface area contributed by atoms with Crippen molar-refractivity contribution in [2.24, 2.45) is 5.41 Å². The van der Waals surface area contributed by atoms with Crippen LogP contribution in [0, 0.1) is 5.41 Å². The summed E-state index contributed by atoms with van der Waals surface area (Å²) in [5.41, 5.74) is 0.334. The number of carboxylic acid groups (broad SMARTS) is 1. The maximum atomic E-state index is 12.3. The number of hydrogen-bond acceptors (Lipinski definition) is 2. The van der Waals surface area contributed by atoms with Gasteiger partial charge in [0.15, 0.2) is 0 Å². The van der Waals surface area contributed by atoms with Gasteiger partial charge >= 0.3 is 18.3 Å². The number of nitrogens with one attached hydrogen (secondary N) is 1. The summed E-state index contributed by atoms with van der Waals surface area (Å²) in [6.07, 6.45) is -5.42. The number of alkyl halides is 6. The van der Waals surface area contributed by atoms with Gasteiger partial charge in [-0.15, -0.1) is 0 Å². The quantitative estimate of drug-likeness (QED) is 0.790. The summed E-state index contributed by atoms with van der Waals surface area (Å²) in [5, 5.41) is 10.3. The van der Waals surface area contributed by atoms with Crippen LogP contribution in [0.15, 0.2) is 30.3 Å². The van der Waals surface area contributed by atoms with Gasteiger partial charge in [0, 0.05) is 18.5 Å². The van der Waals surface area contributed by atoms with Gasteiger partial charge in [0.2, 0.25) is 0 Å². The van der Waals surface area contributed by atoms with Crippen molar-refractivity contribution in [2.45, 2.75) is 19.3 Å². The molecule has 1 aliphatic rings. The molecule has 0 aliphatic carbocycles. The lowest BCUT2D eigenvalue weighted by Gasteiger charge is -2.36. The second-order valence-electron chi connectivity index (χ2n) is 5.51. The highest BCUT2D eigenvalue weighted by atomic mass is 19.4. The molecule has 0 unspecified atom stereocenters. The van der Waals surface area contributed by atoms with Crippen molar-refractivity contribution in [3.8, 4) is 0 Å². The SMILES string of the molecule is CC1(C=Cc2ccc(C(F)(F)F)cc2)CNC1.O=C(O)C(F)(F)F. The average Bonchev–Trinajstić information content (AvgIpc) is 2.42. The standard InChI is InChI=1S/C13H14F3N.C2HF3O2/c1-12(8-17-9-12)7-6-10-2-4-11(5-3-10)13(14,15)16;3-2(4,5)1(6)7/h2-7,17H,8-9H2,1H3;(H,6,7). The summed E-state index contributed by atoms with van der Waals surface area (Å²) >= 11 is 0. The second kappa shape index (κ2) is 7.25. The highest BCUT2D eigenvalue weighted by Crippen LogP contribution is 2.29. The van der Waals surface area contributed by atoms with Crippen LogP contribution in [0.25, 0.3) is 6.08 Å². The highest BCUT2D eigenvalue weighted by Gasteiger charge is 2.38. The lowest BCUT2D eigenvalue weighted by atomic mass is 9.83. The minimum Gasteiger partial charge on any atom is -0.475 e. The largest absolute Gasteiger partial charge is 0.490 e. The van der Waals surface area contributed by atoms with Crippen LogP contribution in [0.3, 0.4) is 0 Å². The first-order valence-corrected chi connectivity index (χ1v) is 6.71. The van der Waals surface area contributed by atoms with Crippen molar-refractivity contribution in [3.05, 3.63) is 41.5 Å². The van der Waals surface area contributed by atoms with Crippen molar-refractivity contribution in [1.82, 2.24) is 5.32 Å². The van der Waals surface area contributed by atoms with Crippen molar-refractivity contribution in [1.29, 1.82) is 0 Å². The Kier molecular flexibility index (Phi) is 6.04. The molecule has 1 aromatic carbocycles. The van der Waals surface area contributed by atoms with Gasteiger partial charge in [0.1, 0.15) is 0 Å². The molecule has 0 bridgehead atoms. The van der Waals surface area contributed by atoms with Gasteiger partial charge in [0.25, 0.3) is 0 Å². The van der Waals surface area contributed by atoms with E-state index in [2.05, 4.69) is 12.2 Å². The fraction of sp³-hybridized carbons (Fsp3) is 0.400. The molecule has 2 rings (SSSR count). The molecule has 0 aromatic heterocycles. The molecular formula is C15H15F6NO2. The zero-order chi connectivity index (χ0) is 18.6. The summed E-state index contributed by atoms with van der Waals surface area (Å²) < 4.78 is 68.7. The molecular weight excluding hydrogens is 340 g/mol. The monoisotopic (exact) mass is 355 g/mol. The van der Waals surface area contributed by atoms with Crippen LogP contribution in [0.4, 0.5) is 26.3 Å². The van der Waals surface area contributed by atoms with E-state index >= 15 is 0 Å². The van der Waals surface area contributed by atoms with E-state index in [0.717, 1.165) is 30.8 Å². The van der Waals surface area contributed by atoms with Gasteiger partial charge in [-0.2, -0.15) is 26.3 Å². The van der Waals surface area contributed by atoms with E-state index in [1.54, 1.807) is 0 Å². The van der Waals surface area contributed by atoms with Crippen LogP contribution < -0.4 is 5.32 Å². The van der Waals surface area contributed by atoms with Gasteiger partial charge in [-0.25, -0.2) is 4.79 Å². The molecule has 1 aromatic rings. The third-order valence-corrected chi connectivity index (χ3v) is 3.22.